The van der Waals surface area contributed by atoms with Crippen molar-refractivity contribution in [1.82, 2.24) is 9.80 Å². The van der Waals surface area contributed by atoms with Crippen molar-refractivity contribution in [2.45, 2.75) is 45.4 Å². The van der Waals surface area contributed by atoms with Crippen molar-refractivity contribution in [3.63, 3.8) is 0 Å². The minimum absolute atomic E-state index is 0.251. The molecule has 1 amide bonds. The zero-order valence-corrected chi connectivity index (χ0v) is 11.5. The fourth-order valence-corrected chi connectivity index (χ4v) is 2.15. The molecule has 1 saturated heterocycles. The third-order valence-corrected chi connectivity index (χ3v) is 3.31. The normalized spacial score (nSPS) is 27.1. The number of carbonyl (C=O) groups is 1. The minimum Gasteiger partial charge on any atom is -0.444 e. The number of hydrogen-bond acceptors (Lipinski definition) is 4. The topological polar surface area (TPSA) is 45.1 Å². The second kappa shape index (κ2) is 4.30. The average molecular weight is 251 g/mol. The van der Waals surface area contributed by atoms with Crippen molar-refractivity contribution in [2.24, 2.45) is 4.99 Å². The van der Waals surface area contributed by atoms with Gasteiger partial charge in [-0.15, -0.1) is 0 Å². The van der Waals surface area contributed by atoms with Crippen molar-refractivity contribution in [3.05, 3.63) is 12.3 Å². The molecule has 0 saturated carbocycles. The van der Waals surface area contributed by atoms with Gasteiger partial charge in [-0.2, -0.15) is 0 Å². The third kappa shape index (κ3) is 2.35. The van der Waals surface area contributed by atoms with Crippen molar-refractivity contribution in [3.8, 4) is 0 Å². The zero-order chi connectivity index (χ0) is 13.4. The lowest BCUT2D eigenvalue weighted by molar-refractivity contribution is -0.0985. The molecule has 5 nitrogen and oxygen atoms in total. The molecule has 0 aliphatic carbocycles. The molecule has 2 aliphatic heterocycles. The highest BCUT2D eigenvalue weighted by Crippen LogP contribution is 2.35. The Balaban J connectivity index is 2.04. The summed E-state index contributed by atoms with van der Waals surface area (Å²) in [6.07, 6.45) is 6.32. The highest BCUT2D eigenvalue weighted by molar-refractivity contribution is 5.72. The molecule has 18 heavy (non-hydrogen) atoms. The van der Waals surface area contributed by atoms with Gasteiger partial charge in [0.05, 0.1) is 0 Å². The first-order chi connectivity index (χ1) is 8.33. The summed E-state index contributed by atoms with van der Waals surface area (Å²) >= 11 is 0. The molecule has 0 spiro atoms. The maximum absolute atomic E-state index is 12.1. The van der Waals surface area contributed by atoms with E-state index in [1.165, 1.54) is 0 Å². The average Bonchev–Trinajstić information content (AvgIpc) is 2.25. The first-order valence-electron chi connectivity index (χ1n) is 6.27. The predicted octanol–water partition coefficient (Wildman–Crippen LogP) is 2.20. The van der Waals surface area contributed by atoms with E-state index in [1.54, 1.807) is 11.1 Å². The van der Waals surface area contributed by atoms with Crippen LogP contribution in [0.5, 0.6) is 0 Å². The molecule has 2 aliphatic rings. The molecule has 0 aromatic rings. The van der Waals surface area contributed by atoms with Crippen LogP contribution in [0.1, 0.15) is 34.1 Å². The van der Waals surface area contributed by atoms with Crippen LogP contribution in [-0.2, 0) is 4.74 Å². The van der Waals surface area contributed by atoms with E-state index in [4.69, 9.17) is 4.74 Å². The number of allylic oxidation sites excluding steroid dienone is 1. The summed E-state index contributed by atoms with van der Waals surface area (Å²) in [5.41, 5.74) is -0.764. The molecule has 0 N–H and O–H groups in total. The van der Waals surface area contributed by atoms with Crippen LogP contribution in [0.4, 0.5) is 4.79 Å². The Morgan fingerprint density at radius 2 is 2.17 bits per heavy atom. The quantitative estimate of drug-likeness (QED) is 0.717. The number of amides is 1. The first-order valence-corrected chi connectivity index (χ1v) is 6.27. The SMILES string of the molecule is CC(C)(C)OC(=O)N1CCC1(C)N1C=CC=NC1. The molecule has 1 atom stereocenters. The molecule has 0 aromatic carbocycles. The summed E-state index contributed by atoms with van der Waals surface area (Å²) in [6.45, 7) is 9.02. The monoisotopic (exact) mass is 251 g/mol. The van der Waals surface area contributed by atoms with E-state index in [-0.39, 0.29) is 11.8 Å². The maximum Gasteiger partial charge on any atom is 0.412 e. The summed E-state index contributed by atoms with van der Waals surface area (Å²) in [5.74, 6) is 0. The van der Waals surface area contributed by atoms with Crippen LogP contribution in [0.25, 0.3) is 0 Å². The molecule has 2 heterocycles. The molecule has 0 aromatic heterocycles. The summed E-state index contributed by atoms with van der Waals surface area (Å²) < 4.78 is 5.43. The summed E-state index contributed by atoms with van der Waals surface area (Å²) in [4.78, 5) is 20.2. The van der Waals surface area contributed by atoms with Gasteiger partial charge in [-0.1, -0.05) is 0 Å². The van der Waals surface area contributed by atoms with Crippen LogP contribution in [0.3, 0.4) is 0 Å². The number of ether oxygens (including phenoxy) is 1. The largest absolute Gasteiger partial charge is 0.444 e. The Hall–Kier alpha value is -1.52. The molecule has 0 bridgehead atoms. The first kappa shape index (κ1) is 12.9. The van der Waals surface area contributed by atoms with Crippen LogP contribution in [0.15, 0.2) is 17.3 Å². The lowest BCUT2D eigenvalue weighted by Gasteiger charge is -2.55. The van der Waals surface area contributed by atoms with Crippen molar-refractivity contribution < 1.29 is 9.53 Å². The van der Waals surface area contributed by atoms with Crippen LogP contribution >= 0.6 is 0 Å². The fraction of sp³-hybridized carbons (Fsp3) is 0.692. The van der Waals surface area contributed by atoms with Crippen LogP contribution in [0, 0.1) is 0 Å². The standard InChI is InChI=1S/C13H21N3O2/c1-12(2,3)18-11(17)16-9-6-13(16,4)15-8-5-7-14-10-15/h5,7-8H,6,9-10H2,1-4H3. The van der Waals surface area contributed by atoms with E-state index in [2.05, 4.69) is 9.89 Å². The number of likely N-dealkylation sites (tertiary alicyclic amines) is 1. The Morgan fingerprint density at radius 1 is 1.44 bits per heavy atom. The second-order valence-electron chi connectivity index (χ2n) is 5.88. The zero-order valence-electron chi connectivity index (χ0n) is 11.5. The number of aliphatic imine (C=N–C) groups is 1. The molecular formula is C13H21N3O2. The van der Waals surface area contributed by atoms with Gasteiger partial charge in [0.2, 0.25) is 0 Å². The number of rotatable bonds is 1. The van der Waals surface area contributed by atoms with E-state index < -0.39 is 5.60 Å². The van der Waals surface area contributed by atoms with Crippen LogP contribution in [0.2, 0.25) is 0 Å². The number of nitrogens with zero attached hydrogens (tertiary/aromatic N) is 3. The van der Waals surface area contributed by atoms with Gasteiger partial charge in [0.25, 0.3) is 0 Å². The Morgan fingerprint density at radius 3 is 2.61 bits per heavy atom. The highest BCUT2D eigenvalue weighted by Gasteiger charge is 2.48. The smallest absolute Gasteiger partial charge is 0.412 e. The van der Waals surface area contributed by atoms with Crippen LogP contribution < -0.4 is 0 Å². The van der Waals surface area contributed by atoms with E-state index in [0.717, 1.165) is 13.0 Å². The van der Waals surface area contributed by atoms with Crippen LogP contribution in [-0.4, -0.2) is 46.6 Å². The van der Waals surface area contributed by atoms with Gasteiger partial charge in [0.15, 0.2) is 0 Å². The number of carbonyl (C=O) groups excluding carboxylic acids is 1. The molecular weight excluding hydrogens is 230 g/mol. The van der Waals surface area contributed by atoms with E-state index in [0.29, 0.717) is 6.67 Å². The Labute approximate surface area is 108 Å². The van der Waals surface area contributed by atoms with E-state index >= 15 is 0 Å². The van der Waals surface area contributed by atoms with E-state index in [1.807, 2.05) is 40.0 Å². The van der Waals surface area contributed by atoms with Gasteiger partial charge in [-0.05, 0) is 33.8 Å². The lowest BCUT2D eigenvalue weighted by Crippen LogP contribution is -2.68. The van der Waals surface area contributed by atoms with Gasteiger partial charge in [0.1, 0.15) is 17.9 Å². The van der Waals surface area contributed by atoms with Gasteiger partial charge in [0, 0.05) is 25.4 Å². The lowest BCUT2D eigenvalue weighted by atomic mass is 9.95. The van der Waals surface area contributed by atoms with Gasteiger partial charge in [-0.25, -0.2) is 4.79 Å². The fourth-order valence-electron chi connectivity index (χ4n) is 2.15. The Kier molecular flexibility index (Phi) is 3.09. The number of hydrogen-bond donors (Lipinski definition) is 0. The molecule has 0 radical (unpaired) electrons. The van der Waals surface area contributed by atoms with E-state index in [9.17, 15) is 4.79 Å². The minimum atomic E-state index is -0.455. The summed E-state index contributed by atoms with van der Waals surface area (Å²) in [5, 5.41) is 0. The van der Waals surface area contributed by atoms with Crippen molar-refractivity contribution >= 4 is 12.3 Å². The molecule has 5 heteroatoms. The highest BCUT2D eigenvalue weighted by atomic mass is 16.6. The van der Waals surface area contributed by atoms with Crippen molar-refractivity contribution in [2.75, 3.05) is 13.2 Å². The summed E-state index contributed by atoms with van der Waals surface area (Å²) in [7, 11) is 0. The molecule has 100 valence electrons. The van der Waals surface area contributed by atoms with Gasteiger partial charge in [-0.3, -0.25) is 9.89 Å². The van der Waals surface area contributed by atoms with Gasteiger partial charge >= 0.3 is 6.09 Å². The Bertz CT molecular complexity index is 398. The molecule has 2 rings (SSSR count). The molecule has 1 unspecified atom stereocenters. The molecule has 1 fully saturated rings. The predicted molar refractivity (Wildman–Crippen MR) is 70.3 cm³/mol. The van der Waals surface area contributed by atoms with Gasteiger partial charge < -0.3 is 9.64 Å². The maximum atomic E-state index is 12.1. The second-order valence-corrected chi connectivity index (χ2v) is 5.88. The van der Waals surface area contributed by atoms with Crippen molar-refractivity contribution in [1.29, 1.82) is 0 Å². The third-order valence-electron chi connectivity index (χ3n) is 3.31. The summed E-state index contributed by atoms with van der Waals surface area (Å²) in [6, 6.07) is 0.